The van der Waals surface area contributed by atoms with Crippen LogP contribution < -0.4 is 18.8 Å². The van der Waals surface area contributed by atoms with Crippen molar-refractivity contribution in [2.75, 3.05) is 0 Å². The van der Waals surface area contributed by atoms with Crippen molar-refractivity contribution >= 4 is 60.8 Å². The van der Waals surface area contributed by atoms with Crippen LogP contribution in [0.4, 0.5) is 11.4 Å². The van der Waals surface area contributed by atoms with Crippen LogP contribution in [0.5, 0.6) is 11.5 Å². The van der Waals surface area contributed by atoms with E-state index < -0.39 is 0 Å². The molecule has 6 heterocycles. The molecule has 11 rings (SSSR count). The zero-order chi connectivity index (χ0) is 26.8. The summed E-state index contributed by atoms with van der Waals surface area (Å²) in [6, 6.07) is 37.8. The Morgan fingerprint density at radius 1 is 0.634 bits per heavy atom. The Labute approximate surface area is 234 Å². The van der Waals surface area contributed by atoms with Gasteiger partial charge in [-0.3, -0.25) is 0 Å². The molecule has 1 spiro atoms. The highest BCUT2D eigenvalue weighted by Crippen LogP contribution is 2.61. The lowest BCUT2D eigenvalue weighted by Crippen LogP contribution is -2.81. The molecule has 192 valence electrons. The maximum Gasteiger partial charge on any atom is 0.358 e. The third kappa shape index (κ3) is 1.94. The molecule has 5 aromatic carbocycles. The van der Waals surface area contributed by atoms with Gasteiger partial charge in [0.05, 0.1) is 10.7 Å². The van der Waals surface area contributed by atoms with Crippen LogP contribution in [0.25, 0.3) is 60.8 Å². The molecule has 41 heavy (non-hydrogen) atoms. The average molecular weight is 531 g/mol. The Balaban J connectivity index is 1.53. The van der Waals surface area contributed by atoms with Crippen LogP contribution in [0.3, 0.4) is 0 Å². The van der Waals surface area contributed by atoms with Gasteiger partial charge in [-0.05, 0) is 68.4 Å². The van der Waals surface area contributed by atoms with Crippen LogP contribution in [0.2, 0.25) is 0 Å². The molecule has 0 amide bonds. The lowest BCUT2D eigenvalue weighted by atomic mass is 10.0. The van der Waals surface area contributed by atoms with Gasteiger partial charge in [0.1, 0.15) is 11.1 Å². The fourth-order valence-electron chi connectivity index (χ4n) is 8.28. The number of quaternary nitrogens is 1. The van der Waals surface area contributed by atoms with Crippen LogP contribution in [-0.4, -0.2) is 8.97 Å². The van der Waals surface area contributed by atoms with Crippen molar-refractivity contribution < 1.29 is 14.1 Å². The van der Waals surface area contributed by atoms with Gasteiger partial charge in [-0.1, -0.05) is 48.5 Å². The fraction of sp³-hybridized carbons (Fsp3) is 0.0857. The molecule has 3 aliphatic heterocycles. The second kappa shape index (κ2) is 6.40. The molecule has 1 unspecified atom stereocenters. The molecule has 1 atom stereocenters. The molecular formula is C35H24N5O+3. The Kier molecular flexibility index (Phi) is 3.23. The van der Waals surface area contributed by atoms with Gasteiger partial charge in [-0.15, -0.1) is 0 Å². The van der Waals surface area contributed by atoms with E-state index in [1.54, 1.807) is 0 Å². The van der Waals surface area contributed by atoms with Gasteiger partial charge in [-0.25, -0.2) is 4.57 Å². The maximum atomic E-state index is 6.83. The van der Waals surface area contributed by atoms with E-state index in [1.165, 1.54) is 72.2 Å². The highest BCUT2D eigenvalue weighted by molar-refractivity contribution is 6.19. The van der Waals surface area contributed by atoms with Crippen molar-refractivity contribution in [2.45, 2.75) is 19.9 Å². The average Bonchev–Trinajstić information content (AvgIpc) is 3.71. The van der Waals surface area contributed by atoms with Crippen molar-refractivity contribution in [3.8, 4) is 22.9 Å². The molecule has 0 aliphatic carbocycles. The summed E-state index contributed by atoms with van der Waals surface area (Å²) in [6.45, 7) is 4.57. The third-order valence-electron chi connectivity index (χ3n) is 9.54. The largest absolute Gasteiger partial charge is 0.444 e. The lowest BCUT2D eigenvalue weighted by Gasteiger charge is -2.28. The van der Waals surface area contributed by atoms with E-state index in [9.17, 15) is 0 Å². The smallest absolute Gasteiger partial charge is 0.358 e. The molecule has 8 aromatic rings. The Bertz CT molecular complexity index is 2550. The van der Waals surface area contributed by atoms with Crippen molar-refractivity contribution in [1.82, 2.24) is 13.7 Å². The van der Waals surface area contributed by atoms with E-state index in [0.717, 1.165) is 11.5 Å². The maximum absolute atomic E-state index is 6.83. The fourth-order valence-corrected chi connectivity index (χ4v) is 8.28. The molecule has 0 fully saturated rings. The number of nitrogens with zero attached hydrogens (tertiary/aromatic N) is 5. The zero-order valence-electron chi connectivity index (χ0n) is 22.5. The first-order valence-electron chi connectivity index (χ1n) is 14.3. The number of fused-ring (bicyclic) bond motifs is 10. The summed E-state index contributed by atoms with van der Waals surface area (Å²) >= 11 is 0. The number of hydrogen-bond acceptors (Lipinski definition) is 1. The zero-order valence-corrected chi connectivity index (χ0v) is 22.5. The first-order chi connectivity index (χ1) is 20.2. The van der Waals surface area contributed by atoms with Crippen molar-refractivity contribution in [2.24, 2.45) is 0 Å². The molecule has 0 radical (unpaired) electrons. The number of ether oxygens (including phenoxy) is 1. The van der Waals surface area contributed by atoms with Crippen molar-refractivity contribution in [3.63, 3.8) is 0 Å². The van der Waals surface area contributed by atoms with E-state index in [-0.39, 0.29) is 6.04 Å². The first kappa shape index (κ1) is 20.7. The Morgan fingerprint density at radius 3 is 2.17 bits per heavy atom. The molecule has 0 N–H and O–H groups in total. The minimum absolute atomic E-state index is 0.270. The predicted octanol–water partition coefficient (Wildman–Crippen LogP) is 7.47. The summed E-state index contributed by atoms with van der Waals surface area (Å²) in [5.74, 6) is 3.03. The molecule has 6 heteroatoms. The van der Waals surface area contributed by atoms with Crippen LogP contribution in [0, 0.1) is 0 Å². The highest BCUT2D eigenvalue weighted by Gasteiger charge is 2.70. The molecule has 0 bridgehead atoms. The van der Waals surface area contributed by atoms with Crippen LogP contribution in [0.15, 0.2) is 103 Å². The number of imidazole rings is 2. The quantitative estimate of drug-likeness (QED) is 0.123. The topological polar surface area (TPSA) is 26.3 Å². The van der Waals surface area contributed by atoms with Gasteiger partial charge >= 0.3 is 11.5 Å². The summed E-state index contributed by atoms with van der Waals surface area (Å²) in [5, 5.41) is 3.75. The van der Waals surface area contributed by atoms with Crippen LogP contribution in [0.1, 0.15) is 19.9 Å². The highest BCUT2D eigenvalue weighted by atomic mass is 16.5. The van der Waals surface area contributed by atoms with Crippen molar-refractivity contribution in [1.29, 1.82) is 0 Å². The van der Waals surface area contributed by atoms with Gasteiger partial charge < -0.3 is 4.74 Å². The van der Waals surface area contributed by atoms with Gasteiger partial charge in [-0.2, -0.15) is 4.40 Å². The van der Waals surface area contributed by atoms with E-state index in [4.69, 9.17) is 4.74 Å². The summed E-state index contributed by atoms with van der Waals surface area (Å²) in [5.41, 5.74) is 10.8. The number of benzene rings is 5. The van der Waals surface area contributed by atoms with E-state index in [0.29, 0.717) is 4.70 Å². The molecule has 0 saturated heterocycles. The summed E-state index contributed by atoms with van der Waals surface area (Å²) in [4.78, 5) is 0. The minimum atomic E-state index is 0.270. The van der Waals surface area contributed by atoms with E-state index in [2.05, 4.69) is 135 Å². The standard InChI is InChI=1S/C35H24N5O/c1-20(2)36-25-13-5-7-15-27(25)38-34(36)23-11-9-17-29-32(23)40(38)33-30(41-29)19-18-22-21-10-3-4-12-24(21)37-26-14-6-8-16-28(26)39(40)35(37)31(22)33/h3-20H,1-2H3/q+3. The lowest BCUT2D eigenvalue weighted by molar-refractivity contribution is -0.999. The monoisotopic (exact) mass is 530 g/mol. The molecule has 3 aliphatic rings. The number of para-hydroxylation sites is 6. The Morgan fingerprint density at radius 2 is 1.34 bits per heavy atom. The third-order valence-corrected chi connectivity index (χ3v) is 9.54. The van der Waals surface area contributed by atoms with E-state index >= 15 is 0 Å². The van der Waals surface area contributed by atoms with Crippen LogP contribution >= 0.6 is 0 Å². The molecule has 0 saturated carbocycles. The van der Waals surface area contributed by atoms with Gasteiger partial charge in [0.2, 0.25) is 11.0 Å². The van der Waals surface area contributed by atoms with Gasteiger partial charge in [0, 0.05) is 20.1 Å². The van der Waals surface area contributed by atoms with Gasteiger partial charge in [0.25, 0.3) is 11.4 Å². The normalized spacial score (nSPS) is 17.5. The predicted molar refractivity (Wildman–Crippen MR) is 160 cm³/mol. The van der Waals surface area contributed by atoms with Gasteiger partial charge in [0.15, 0.2) is 27.9 Å². The first-order valence-corrected chi connectivity index (χ1v) is 14.3. The SMILES string of the molecule is CC(C)n1c2[n+](c3ccccc31)[N+]13c4c(cccc4-2)Oc2ccc4c5ccccc5n5c6ccccc6[n+]1c5c4c23. The minimum Gasteiger partial charge on any atom is -0.444 e. The number of aromatic nitrogens is 4. The summed E-state index contributed by atoms with van der Waals surface area (Å²) in [7, 11) is 0. The van der Waals surface area contributed by atoms with Crippen molar-refractivity contribution in [3.05, 3.63) is 103 Å². The summed E-state index contributed by atoms with van der Waals surface area (Å²) in [6.07, 6.45) is 0. The molecule has 3 aromatic heterocycles. The Hall–Kier alpha value is -5.20. The number of rotatable bonds is 1. The summed E-state index contributed by atoms with van der Waals surface area (Å²) < 4.78 is 17.4. The van der Waals surface area contributed by atoms with E-state index in [1.807, 2.05) is 0 Å². The molecular weight excluding hydrogens is 506 g/mol. The number of hydrogen-bond donors (Lipinski definition) is 0. The second-order valence-electron chi connectivity index (χ2n) is 11.8. The van der Waals surface area contributed by atoms with Crippen LogP contribution in [-0.2, 0) is 0 Å². The second-order valence-corrected chi connectivity index (χ2v) is 11.8. The molecule has 6 nitrogen and oxygen atoms in total. The number of pyridine rings is 1.